The van der Waals surface area contributed by atoms with Gasteiger partial charge in [-0.2, -0.15) is 0 Å². The SMILES string of the molecule is CC(N[C@H](C)c1ccccn1)c1cccc2ccccc12. The highest BCUT2D eigenvalue weighted by molar-refractivity contribution is 5.86. The molecular weight excluding hydrogens is 256 g/mol. The largest absolute Gasteiger partial charge is 0.302 e. The molecule has 0 aliphatic heterocycles. The molecule has 0 fully saturated rings. The van der Waals surface area contributed by atoms with Gasteiger partial charge in [0.05, 0.1) is 5.69 Å². The Morgan fingerprint density at radius 1 is 0.810 bits per heavy atom. The Bertz CT molecular complexity index is 716. The van der Waals surface area contributed by atoms with Crippen LogP contribution in [-0.4, -0.2) is 4.98 Å². The van der Waals surface area contributed by atoms with Crippen molar-refractivity contribution in [1.82, 2.24) is 10.3 Å². The number of hydrogen-bond acceptors (Lipinski definition) is 2. The summed E-state index contributed by atoms with van der Waals surface area (Å²) in [5, 5.41) is 6.24. The predicted octanol–water partition coefficient (Wildman–Crippen LogP) is 4.65. The van der Waals surface area contributed by atoms with Crippen LogP contribution >= 0.6 is 0 Å². The lowest BCUT2D eigenvalue weighted by Gasteiger charge is -2.21. The Kier molecular flexibility index (Phi) is 3.98. The monoisotopic (exact) mass is 276 g/mol. The summed E-state index contributed by atoms with van der Waals surface area (Å²) in [6.07, 6.45) is 1.84. The molecule has 2 nitrogen and oxygen atoms in total. The maximum Gasteiger partial charge on any atom is 0.0570 e. The van der Waals surface area contributed by atoms with Gasteiger partial charge in [-0.15, -0.1) is 0 Å². The molecule has 0 amide bonds. The van der Waals surface area contributed by atoms with Crippen molar-refractivity contribution in [1.29, 1.82) is 0 Å². The standard InChI is InChI=1S/C19H20N2/c1-14(21-15(2)19-12-5-6-13-20-19)17-11-7-9-16-8-3-4-10-18(16)17/h3-15,21H,1-2H3/t14?,15-/m1/s1. The molecule has 1 aromatic heterocycles. The Morgan fingerprint density at radius 3 is 2.38 bits per heavy atom. The molecule has 0 aliphatic rings. The molecule has 0 saturated heterocycles. The van der Waals surface area contributed by atoms with Crippen molar-refractivity contribution in [3.05, 3.63) is 78.1 Å². The average Bonchev–Trinajstić information content (AvgIpc) is 2.55. The number of pyridine rings is 1. The van der Waals surface area contributed by atoms with E-state index < -0.39 is 0 Å². The first-order valence-corrected chi connectivity index (χ1v) is 7.40. The first-order chi connectivity index (χ1) is 10.3. The Morgan fingerprint density at radius 2 is 1.57 bits per heavy atom. The van der Waals surface area contributed by atoms with E-state index in [1.807, 2.05) is 18.3 Å². The van der Waals surface area contributed by atoms with E-state index >= 15 is 0 Å². The van der Waals surface area contributed by atoms with E-state index in [2.05, 4.69) is 72.7 Å². The lowest BCUT2D eigenvalue weighted by molar-refractivity contribution is 0.488. The molecule has 0 bridgehead atoms. The van der Waals surface area contributed by atoms with Gasteiger partial charge in [-0.05, 0) is 42.3 Å². The van der Waals surface area contributed by atoms with Crippen LogP contribution in [0.3, 0.4) is 0 Å². The lowest BCUT2D eigenvalue weighted by Crippen LogP contribution is -2.23. The van der Waals surface area contributed by atoms with Crippen molar-refractivity contribution >= 4 is 10.8 Å². The summed E-state index contributed by atoms with van der Waals surface area (Å²) in [4.78, 5) is 4.43. The Hall–Kier alpha value is -2.19. The third-order valence-electron chi connectivity index (χ3n) is 3.92. The molecule has 21 heavy (non-hydrogen) atoms. The van der Waals surface area contributed by atoms with Gasteiger partial charge in [0.15, 0.2) is 0 Å². The Labute approximate surface area is 125 Å². The van der Waals surface area contributed by atoms with E-state index in [9.17, 15) is 0 Å². The second-order valence-corrected chi connectivity index (χ2v) is 5.43. The molecule has 2 atom stereocenters. The summed E-state index contributed by atoms with van der Waals surface area (Å²) >= 11 is 0. The van der Waals surface area contributed by atoms with Gasteiger partial charge in [0.1, 0.15) is 0 Å². The second kappa shape index (κ2) is 6.06. The normalized spacial score (nSPS) is 14.0. The number of rotatable bonds is 4. The third-order valence-corrected chi connectivity index (χ3v) is 3.92. The minimum atomic E-state index is 0.222. The molecule has 3 aromatic rings. The zero-order valence-electron chi connectivity index (χ0n) is 12.5. The predicted molar refractivity (Wildman–Crippen MR) is 88.2 cm³/mol. The fraction of sp³-hybridized carbons (Fsp3) is 0.211. The molecule has 1 unspecified atom stereocenters. The molecule has 0 saturated carbocycles. The Balaban J connectivity index is 1.86. The van der Waals surface area contributed by atoms with Gasteiger partial charge in [0, 0.05) is 18.3 Å². The number of aromatic nitrogens is 1. The molecule has 0 aliphatic carbocycles. The van der Waals surface area contributed by atoms with Gasteiger partial charge in [-0.1, -0.05) is 48.5 Å². The maximum atomic E-state index is 4.43. The molecule has 0 radical (unpaired) electrons. The molecule has 3 rings (SSSR count). The van der Waals surface area contributed by atoms with Gasteiger partial charge in [-0.25, -0.2) is 0 Å². The number of nitrogens with one attached hydrogen (secondary N) is 1. The van der Waals surface area contributed by atoms with Gasteiger partial charge >= 0.3 is 0 Å². The van der Waals surface area contributed by atoms with Crippen LogP contribution in [0.5, 0.6) is 0 Å². The third kappa shape index (κ3) is 2.96. The van der Waals surface area contributed by atoms with E-state index in [-0.39, 0.29) is 12.1 Å². The van der Waals surface area contributed by atoms with E-state index in [1.54, 1.807) is 0 Å². The van der Waals surface area contributed by atoms with Gasteiger partial charge in [0.2, 0.25) is 0 Å². The van der Waals surface area contributed by atoms with Gasteiger partial charge < -0.3 is 5.32 Å². The fourth-order valence-corrected chi connectivity index (χ4v) is 2.81. The number of nitrogens with zero attached hydrogens (tertiary/aromatic N) is 1. The zero-order valence-corrected chi connectivity index (χ0v) is 12.5. The fourth-order valence-electron chi connectivity index (χ4n) is 2.81. The van der Waals surface area contributed by atoms with E-state index in [0.29, 0.717) is 0 Å². The van der Waals surface area contributed by atoms with Crippen molar-refractivity contribution < 1.29 is 0 Å². The summed E-state index contributed by atoms with van der Waals surface area (Å²) in [5.74, 6) is 0. The van der Waals surface area contributed by atoms with Crippen molar-refractivity contribution in [2.75, 3.05) is 0 Å². The number of fused-ring (bicyclic) bond motifs is 1. The van der Waals surface area contributed by atoms with Crippen LogP contribution in [0.4, 0.5) is 0 Å². The topological polar surface area (TPSA) is 24.9 Å². The molecule has 1 heterocycles. The molecule has 106 valence electrons. The molecule has 2 aromatic carbocycles. The lowest BCUT2D eigenvalue weighted by atomic mass is 9.99. The van der Waals surface area contributed by atoms with Crippen LogP contribution < -0.4 is 5.32 Å². The first kappa shape index (κ1) is 13.8. The van der Waals surface area contributed by atoms with Crippen LogP contribution in [0.25, 0.3) is 10.8 Å². The van der Waals surface area contributed by atoms with Crippen LogP contribution in [0.2, 0.25) is 0 Å². The zero-order chi connectivity index (χ0) is 14.7. The maximum absolute atomic E-state index is 4.43. The smallest absolute Gasteiger partial charge is 0.0570 e. The van der Waals surface area contributed by atoms with Crippen molar-refractivity contribution in [2.24, 2.45) is 0 Å². The van der Waals surface area contributed by atoms with E-state index in [4.69, 9.17) is 0 Å². The molecule has 2 heteroatoms. The van der Waals surface area contributed by atoms with Crippen LogP contribution in [0.1, 0.15) is 37.2 Å². The van der Waals surface area contributed by atoms with Crippen LogP contribution in [0.15, 0.2) is 66.9 Å². The van der Waals surface area contributed by atoms with Crippen LogP contribution in [-0.2, 0) is 0 Å². The van der Waals surface area contributed by atoms with Crippen molar-refractivity contribution in [3.63, 3.8) is 0 Å². The summed E-state index contributed by atoms with van der Waals surface area (Å²) in [5.41, 5.74) is 2.40. The summed E-state index contributed by atoms with van der Waals surface area (Å²) in [6, 6.07) is 21.6. The second-order valence-electron chi connectivity index (χ2n) is 5.43. The highest BCUT2D eigenvalue weighted by atomic mass is 15.0. The molecular formula is C19H20N2. The minimum Gasteiger partial charge on any atom is -0.302 e. The summed E-state index contributed by atoms with van der Waals surface area (Å²) in [7, 11) is 0. The first-order valence-electron chi connectivity index (χ1n) is 7.40. The van der Waals surface area contributed by atoms with Crippen molar-refractivity contribution in [2.45, 2.75) is 25.9 Å². The quantitative estimate of drug-likeness (QED) is 0.750. The average molecular weight is 276 g/mol. The van der Waals surface area contributed by atoms with Gasteiger partial charge in [-0.3, -0.25) is 4.98 Å². The molecule has 1 N–H and O–H groups in total. The van der Waals surface area contributed by atoms with Crippen LogP contribution in [0, 0.1) is 0 Å². The molecule has 0 spiro atoms. The van der Waals surface area contributed by atoms with Crippen molar-refractivity contribution in [3.8, 4) is 0 Å². The van der Waals surface area contributed by atoms with E-state index in [1.165, 1.54) is 16.3 Å². The minimum absolute atomic E-state index is 0.222. The summed E-state index contributed by atoms with van der Waals surface area (Å²) < 4.78 is 0. The number of hydrogen-bond donors (Lipinski definition) is 1. The summed E-state index contributed by atoms with van der Waals surface area (Å²) in [6.45, 7) is 4.37. The highest BCUT2D eigenvalue weighted by Gasteiger charge is 2.13. The van der Waals surface area contributed by atoms with Gasteiger partial charge in [0.25, 0.3) is 0 Å². The van der Waals surface area contributed by atoms with E-state index in [0.717, 1.165) is 5.69 Å². The number of benzene rings is 2. The highest BCUT2D eigenvalue weighted by Crippen LogP contribution is 2.25.